The van der Waals surface area contributed by atoms with Gasteiger partial charge in [-0.05, 0) is 24.3 Å². The second-order valence-corrected chi connectivity index (χ2v) is 7.04. The summed E-state index contributed by atoms with van der Waals surface area (Å²) < 4.78 is 1.96. The molecule has 0 saturated carbocycles. The number of anilines is 1. The van der Waals surface area contributed by atoms with Gasteiger partial charge in [-0.2, -0.15) is 0 Å². The minimum Gasteiger partial charge on any atom is -0.321 e. The van der Waals surface area contributed by atoms with Gasteiger partial charge in [0, 0.05) is 28.9 Å². The van der Waals surface area contributed by atoms with Crippen LogP contribution in [0.3, 0.4) is 0 Å². The lowest BCUT2D eigenvalue weighted by Crippen LogP contribution is -2.12. The lowest BCUT2D eigenvalue weighted by Gasteiger charge is -2.10. The van der Waals surface area contributed by atoms with Crippen molar-refractivity contribution in [2.75, 3.05) is 5.32 Å². The SMILES string of the molecule is O=C(Nc1ccccc1-c1cn2ccsc2n1)c1ccc(Cl)c(Cl)c1. The Bertz CT molecular complexity index is 1060. The van der Waals surface area contributed by atoms with Crippen LogP contribution in [0.15, 0.2) is 60.2 Å². The Morgan fingerprint density at radius 1 is 1.12 bits per heavy atom. The van der Waals surface area contributed by atoms with Crippen LogP contribution in [0.4, 0.5) is 5.69 Å². The van der Waals surface area contributed by atoms with Crippen LogP contribution in [0.2, 0.25) is 10.0 Å². The number of hydrogen-bond acceptors (Lipinski definition) is 3. The quantitative estimate of drug-likeness (QED) is 0.495. The van der Waals surface area contributed by atoms with Gasteiger partial charge in [-0.1, -0.05) is 41.4 Å². The molecule has 4 aromatic rings. The fourth-order valence-corrected chi connectivity index (χ4v) is 3.50. The van der Waals surface area contributed by atoms with E-state index in [2.05, 4.69) is 10.3 Å². The minimum absolute atomic E-state index is 0.257. The van der Waals surface area contributed by atoms with E-state index in [1.165, 1.54) is 0 Å². The van der Waals surface area contributed by atoms with E-state index in [9.17, 15) is 4.79 Å². The highest BCUT2D eigenvalue weighted by Crippen LogP contribution is 2.29. The molecule has 1 amide bonds. The number of carbonyl (C=O) groups excluding carboxylic acids is 1. The van der Waals surface area contributed by atoms with Crippen molar-refractivity contribution in [2.45, 2.75) is 0 Å². The van der Waals surface area contributed by atoms with Gasteiger partial charge in [0.1, 0.15) is 0 Å². The van der Waals surface area contributed by atoms with Crippen LogP contribution >= 0.6 is 34.5 Å². The highest BCUT2D eigenvalue weighted by molar-refractivity contribution is 7.15. The molecule has 0 radical (unpaired) electrons. The highest BCUT2D eigenvalue weighted by Gasteiger charge is 2.13. The molecule has 0 aliphatic carbocycles. The molecule has 0 fully saturated rings. The number of halogens is 2. The van der Waals surface area contributed by atoms with Crippen molar-refractivity contribution in [3.8, 4) is 11.3 Å². The van der Waals surface area contributed by atoms with E-state index in [1.54, 1.807) is 29.5 Å². The van der Waals surface area contributed by atoms with Crippen molar-refractivity contribution in [1.82, 2.24) is 9.38 Å². The Hall–Kier alpha value is -2.34. The lowest BCUT2D eigenvalue weighted by atomic mass is 10.1. The molecule has 0 aliphatic rings. The molecular weight excluding hydrogens is 377 g/mol. The Kier molecular flexibility index (Phi) is 4.21. The largest absolute Gasteiger partial charge is 0.321 e. The predicted octanol–water partition coefficient (Wildman–Crippen LogP) is 5.62. The summed E-state index contributed by atoms with van der Waals surface area (Å²) in [6.07, 6.45) is 3.89. The molecule has 124 valence electrons. The lowest BCUT2D eigenvalue weighted by molar-refractivity contribution is 0.102. The molecule has 0 atom stereocenters. The van der Waals surface area contributed by atoms with Crippen LogP contribution in [-0.2, 0) is 0 Å². The van der Waals surface area contributed by atoms with Crippen molar-refractivity contribution in [3.63, 3.8) is 0 Å². The molecule has 0 bridgehead atoms. The minimum atomic E-state index is -0.257. The summed E-state index contributed by atoms with van der Waals surface area (Å²) in [4.78, 5) is 18.1. The maximum atomic E-state index is 12.5. The first-order chi connectivity index (χ1) is 12.1. The third-order valence-electron chi connectivity index (χ3n) is 3.73. The molecule has 2 aromatic carbocycles. The van der Waals surface area contributed by atoms with E-state index in [4.69, 9.17) is 23.2 Å². The first-order valence-electron chi connectivity index (χ1n) is 7.40. The number of carbonyl (C=O) groups is 1. The number of nitrogens with zero attached hydrogens (tertiary/aromatic N) is 2. The maximum absolute atomic E-state index is 12.5. The molecule has 0 aliphatic heterocycles. The second-order valence-electron chi connectivity index (χ2n) is 5.35. The molecule has 4 nitrogen and oxygen atoms in total. The van der Waals surface area contributed by atoms with Crippen LogP contribution in [0.25, 0.3) is 16.2 Å². The molecule has 7 heteroatoms. The summed E-state index contributed by atoms with van der Waals surface area (Å²) in [5.74, 6) is -0.257. The van der Waals surface area contributed by atoms with Crippen molar-refractivity contribution < 1.29 is 4.79 Å². The van der Waals surface area contributed by atoms with E-state index >= 15 is 0 Å². The third kappa shape index (κ3) is 3.14. The van der Waals surface area contributed by atoms with Gasteiger partial charge in [-0.25, -0.2) is 4.98 Å². The standard InChI is InChI=1S/C18H11Cl2N3OS/c19-13-6-5-11(9-14(13)20)17(24)21-15-4-2-1-3-12(15)16-10-23-7-8-25-18(23)22-16/h1-10H,(H,21,24). The molecule has 0 saturated heterocycles. The number of imidazole rings is 1. The van der Waals surface area contributed by atoms with Gasteiger partial charge >= 0.3 is 0 Å². The topological polar surface area (TPSA) is 46.4 Å². The summed E-state index contributed by atoms with van der Waals surface area (Å²) in [6.45, 7) is 0. The van der Waals surface area contributed by atoms with Gasteiger partial charge in [-0.3, -0.25) is 9.20 Å². The Balaban J connectivity index is 1.68. The molecule has 4 rings (SSSR count). The first kappa shape index (κ1) is 16.1. The van der Waals surface area contributed by atoms with Crippen LogP contribution < -0.4 is 5.32 Å². The predicted molar refractivity (Wildman–Crippen MR) is 103 cm³/mol. The van der Waals surface area contributed by atoms with Gasteiger partial charge in [0.2, 0.25) is 0 Å². The zero-order chi connectivity index (χ0) is 17.4. The van der Waals surface area contributed by atoms with Crippen molar-refractivity contribution in [1.29, 1.82) is 0 Å². The molecule has 0 unspecified atom stereocenters. The van der Waals surface area contributed by atoms with Gasteiger partial charge in [0.25, 0.3) is 5.91 Å². The van der Waals surface area contributed by atoms with E-state index in [1.807, 2.05) is 46.4 Å². The summed E-state index contributed by atoms with van der Waals surface area (Å²) in [5, 5.41) is 5.66. The average molecular weight is 388 g/mol. The number of aromatic nitrogens is 2. The monoisotopic (exact) mass is 387 g/mol. The number of thiazole rings is 1. The second kappa shape index (κ2) is 6.52. The number of nitrogens with one attached hydrogen (secondary N) is 1. The zero-order valence-electron chi connectivity index (χ0n) is 12.7. The normalized spacial score (nSPS) is 11.0. The Morgan fingerprint density at radius 3 is 2.76 bits per heavy atom. The third-order valence-corrected chi connectivity index (χ3v) is 5.24. The van der Waals surface area contributed by atoms with E-state index in [-0.39, 0.29) is 5.91 Å². The summed E-state index contributed by atoms with van der Waals surface area (Å²) in [7, 11) is 0. The van der Waals surface area contributed by atoms with Crippen molar-refractivity contribution in [2.24, 2.45) is 0 Å². The summed E-state index contributed by atoms with van der Waals surface area (Å²) in [5.41, 5.74) is 2.78. The van der Waals surface area contributed by atoms with Crippen molar-refractivity contribution in [3.05, 3.63) is 75.8 Å². The van der Waals surface area contributed by atoms with Crippen LogP contribution in [-0.4, -0.2) is 15.3 Å². The first-order valence-corrected chi connectivity index (χ1v) is 9.03. The molecule has 0 spiro atoms. The fourth-order valence-electron chi connectivity index (χ4n) is 2.50. The number of fused-ring (bicyclic) bond motifs is 1. The molecule has 1 N–H and O–H groups in total. The number of benzene rings is 2. The number of rotatable bonds is 3. The zero-order valence-corrected chi connectivity index (χ0v) is 15.1. The van der Waals surface area contributed by atoms with Gasteiger partial charge < -0.3 is 5.32 Å². The number of para-hydroxylation sites is 1. The van der Waals surface area contributed by atoms with Crippen molar-refractivity contribution >= 4 is 51.1 Å². The summed E-state index contributed by atoms with van der Waals surface area (Å²) >= 11 is 13.5. The van der Waals surface area contributed by atoms with Crippen LogP contribution in [0.1, 0.15) is 10.4 Å². The molecular formula is C18H11Cl2N3OS. The fraction of sp³-hybridized carbons (Fsp3) is 0. The Morgan fingerprint density at radius 2 is 1.96 bits per heavy atom. The van der Waals surface area contributed by atoms with Gasteiger partial charge in [0.05, 0.1) is 21.4 Å². The maximum Gasteiger partial charge on any atom is 0.255 e. The molecule has 2 aromatic heterocycles. The van der Waals surface area contributed by atoms with Gasteiger partial charge in [-0.15, -0.1) is 11.3 Å². The molecule has 25 heavy (non-hydrogen) atoms. The molecule has 2 heterocycles. The van der Waals surface area contributed by atoms with E-state index in [0.29, 0.717) is 21.3 Å². The highest BCUT2D eigenvalue weighted by atomic mass is 35.5. The van der Waals surface area contributed by atoms with Crippen LogP contribution in [0, 0.1) is 0 Å². The van der Waals surface area contributed by atoms with E-state index in [0.717, 1.165) is 16.2 Å². The number of hydrogen-bond donors (Lipinski definition) is 1. The number of amides is 1. The average Bonchev–Trinajstić information content (AvgIpc) is 3.19. The van der Waals surface area contributed by atoms with Gasteiger partial charge in [0.15, 0.2) is 4.96 Å². The smallest absolute Gasteiger partial charge is 0.255 e. The van der Waals surface area contributed by atoms with Crippen LogP contribution in [0.5, 0.6) is 0 Å². The summed E-state index contributed by atoms with van der Waals surface area (Å²) in [6, 6.07) is 12.3. The Labute approximate surface area is 157 Å². The van der Waals surface area contributed by atoms with E-state index < -0.39 is 0 Å².